The van der Waals surface area contributed by atoms with Gasteiger partial charge in [0.05, 0.1) is 11.7 Å². The molecule has 0 radical (unpaired) electrons. The van der Waals surface area contributed by atoms with Gasteiger partial charge in [0.25, 0.3) is 0 Å². The Labute approximate surface area is 104 Å². The lowest BCUT2D eigenvalue weighted by molar-refractivity contribution is -0.0897. The third-order valence-electron chi connectivity index (χ3n) is 3.57. The molecule has 1 aliphatic carbocycles. The van der Waals surface area contributed by atoms with E-state index in [1.165, 1.54) is 19.3 Å². The monoisotopic (exact) mass is 234 g/mol. The molecule has 0 spiro atoms. The molecule has 1 aromatic rings. The maximum Gasteiger partial charge on any atom is 0.121 e. The number of hydrogen-bond acceptors (Lipinski definition) is 2. The molecule has 17 heavy (non-hydrogen) atoms. The van der Waals surface area contributed by atoms with Gasteiger partial charge in [-0.2, -0.15) is 0 Å². The highest BCUT2D eigenvalue weighted by Gasteiger charge is 2.28. The molecule has 1 aromatic carbocycles. The van der Waals surface area contributed by atoms with Crippen molar-refractivity contribution in [3.63, 3.8) is 0 Å². The highest BCUT2D eigenvalue weighted by atomic mass is 16.5. The molecule has 0 saturated heterocycles. The maximum absolute atomic E-state index is 9.90. The van der Waals surface area contributed by atoms with Crippen molar-refractivity contribution < 1.29 is 9.84 Å². The number of phenols is 1. The molecule has 0 heterocycles. The van der Waals surface area contributed by atoms with E-state index in [4.69, 9.17) is 4.74 Å². The Morgan fingerprint density at radius 3 is 2.41 bits per heavy atom. The van der Waals surface area contributed by atoms with E-state index < -0.39 is 5.60 Å². The lowest BCUT2D eigenvalue weighted by atomic mass is 9.93. The molecule has 1 aliphatic rings. The predicted molar refractivity (Wildman–Crippen MR) is 69.1 cm³/mol. The average Bonchev–Trinajstić information content (AvgIpc) is 2.30. The van der Waals surface area contributed by atoms with Crippen LogP contribution in [-0.2, 0) is 10.3 Å². The molecular weight excluding hydrogens is 212 g/mol. The normalized spacial score (nSPS) is 18.2. The van der Waals surface area contributed by atoms with Crippen molar-refractivity contribution in [3.05, 3.63) is 29.8 Å². The van der Waals surface area contributed by atoms with Crippen LogP contribution < -0.4 is 0 Å². The zero-order valence-corrected chi connectivity index (χ0v) is 10.8. The second-order valence-corrected chi connectivity index (χ2v) is 5.41. The largest absolute Gasteiger partial charge is 0.508 e. The minimum Gasteiger partial charge on any atom is -0.508 e. The molecule has 0 bridgehead atoms. The van der Waals surface area contributed by atoms with E-state index >= 15 is 0 Å². The van der Waals surface area contributed by atoms with Crippen molar-refractivity contribution in [2.75, 3.05) is 0 Å². The Morgan fingerprint density at radius 2 is 1.76 bits per heavy atom. The SMILES string of the molecule is CC(C)(OC1CCCCC1)c1ccccc1O. The van der Waals surface area contributed by atoms with Crippen LogP contribution in [0.1, 0.15) is 51.5 Å². The number of rotatable bonds is 3. The number of para-hydroxylation sites is 1. The van der Waals surface area contributed by atoms with Gasteiger partial charge >= 0.3 is 0 Å². The Bertz CT molecular complexity index is 365. The van der Waals surface area contributed by atoms with Gasteiger partial charge in [-0.3, -0.25) is 0 Å². The van der Waals surface area contributed by atoms with E-state index in [1.807, 2.05) is 32.0 Å². The number of ether oxygens (including phenoxy) is 1. The zero-order valence-electron chi connectivity index (χ0n) is 10.8. The Hall–Kier alpha value is -1.02. The number of aromatic hydroxyl groups is 1. The fourth-order valence-corrected chi connectivity index (χ4v) is 2.65. The first-order valence-electron chi connectivity index (χ1n) is 6.56. The summed E-state index contributed by atoms with van der Waals surface area (Å²) in [5.41, 5.74) is 0.471. The Balaban J connectivity index is 2.10. The van der Waals surface area contributed by atoms with Crippen LogP contribution in [0.4, 0.5) is 0 Å². The summed E-state index contributed by atoms with van der Waals surface area (Å²) >= 11 is 0. The van der Waals surface area contributed by atoms with Gasteiger partial charge in [0, 0.05) is 5.56 Å². The summed E-state index contributed by atoms with van der Waals surface area (Å²) in [5, 5.41) is 9.90. The van der Waals surface area contributed by atoms with Crippen molar-refractivity contribution in [1.82, 2.24) is 0 Å². The summed E-state index contributed by atoms with van der Waals surface area (Å²) in [4.78, 5) is 0. The quantitative estimate of drug-likeness (QED) is 0.857. The van der Waals surface area contributed by atoms with Gasteiger partial charge < -0.3 is 9.84 Å². The molecule has 0 amide bonds. The number of phenolic OH excluding ortho intramolecular Hbond substituents is 1. The second-order valence-electron chi connectivity index (χ2n) is 5.41. The van der Waals surface area contributed by atoms with Crippen molar-refractivity contribution in [1.29, 1.82) is 0 Å². The van der Waals surface area contributed by atoms with Crippen LogP contribution in [0.5, 0.6) is 5.75 Å². The minimum absolute atomic E-state index is 0.327. The first-order valence-corrected chi connectivity index (χ1v) is 6.56. The van der Waals surface area contributed by atoms with Gasteiger partial charge in [-0.1, -0.05) is 37.5 Å². The van der Waals surface area contributed by atoms with Gasteiger partial charge in [0.15, 0.2) is 0 Å². The van der Waals surface area contributed by atoms with Crippen LogP contribution in [0.15, 0.2) is 24.3 Å². The highest BCUT2D eigenvalue weighted by molar-refractivity contribution is 5.36. The summed E-state index contributed by atoms with van der Waals surface area (Å²) in [6, 6.07) is 7.45. The summed E-state index contributed by atoms with van der Waals surface area (Å²) in [6.07, 6.45) is 6.51. The van der Waals surface area contributed by atoms with Crippen LogP contribution in [0.2, 0.25) is 0 Å². The van der Waals surface area contributed by atoms with Gasteiger partial charge in [0.1, 0.15) is 5.75 Å². The maximum atomic E-state index is 9.90. The summed E-state index contributed by atoms with van der Waals surface area (Å²) in [5.74, 6) is 0.327. The first kappa shape index (κ1) is 12.4. The Kier molecular flexibility index (Phi) is 3.72. The molecule has 1 fully saturated rings. The van der Waals surface area contributed by atoms with Gasteiger partial charge in [-0.05, 0) is 32.8 Å². The molecule has 94 valence electrons. The van der Waals surface area contributed by atoms with E-state index in [9.17, 15) is 5.11 Å². The molecular formula is C15H22O2. The van der Waals surface area contributed by atoms with Crippen LogP contribution >= 0.6 is 0 Å². The van der Waals surface area contributed by atoms with Crippen molar-refractivity contribution >= 4 is 0 Å². The standard InChI is InChI=1S/C15H22O2/c1-15(2,13-10-6-7-11-14(13)16)17-12-8-4-3-5-9-12/h6-7,10-12,16H,3-5,8-9H2,1-2H3. The van der Waals surface area contributed by atoms with Crippen LogP contribution in [0.3, 0.4) is 0 Å². The van der Waals surface area contributed by atoms with Crippen molar-refractivity contribution in [2.45, 2.75) is 57.7 Å². The van der Waals surface area contributed by atoms with Gasteiger partial charge in [-0.25, -0.2) is 0 Å². The molecule has 2 heteroatoms. The fourth-order valence-electron chi connectivity index (χ4n) is 2.65. The second kappa shape index (κ2) is 5.09. The van der Waals surface area contributed by atoms with E-state index in [2.05, 4.69) is 0 Å². The van der Waals surface area contributed by atoms with Crippen LogP contribution in [0.25, 0.3) is 0 Å². The van der Waals surface area contributed by atoms with Gasteiger partial charge in [0.2, 0.25) is 0 Å². The lowest BCUT2D eigenvalue weighted by Crippen LogP contribution is -2.29. The molecule has 1 saturated carbocycles. The van der Waals surface area contributed by atoms with Gasteiger partial charge in [-0.15, -0.1) is 0 Å². The molecule has 0 aromatic heterocycles. The lowest BCUT2D eigenvalue weighted by Gasteiger charge is -2.33. The first-order chi connectivity index (χ1) is 8.09. The van der Waals surface area contributed by atoms with Crippen LogP contribution in [-0.4, -0.2) is 11.2 Å². The third-order valence-corrected chi connectivity index (χ3v) is 3.57. The Morgan fingerprint density at radius 1 is 1.12 bits per heavy atom. The predicted octanol–water partition coefficient (Wildman–Crippen LogP) is 3.98. The zero-order chi connectivity index (χ0) is 12.3. The van der Waals surface area contributed by atoms with Crippen LogP contribution in [0, 0.1) is 0 Å². The van der Waals surface area contributed by atoms with E-state index in [0.29, 0.717) is 11.9 Å². The molecule has 2 nitrogen and oxygen atoms in total. The van der Waals surface area contributed by atoms with E-state index in [-0.39, 0.29) is 0 Å². The average molecular weight is 234 g/mol. The smallest absolute Gasteiger partial charge is 0.121 e. The highest BCUT2D eigenvalue weighted by Crippen LogP contribution is 2.35. The minimum atomic E-state index is -0.409. The molecule has 0 atom stereocenters. The van der Waals surface area contributed by atoms with E-state index in [0.717, 1.165) is 18.4 Å². The summed E-state index contributed by atoms with van der Waals surface area (Å²) < 4.78 is 6.19. The third kappa shape index (κ3) is 3.01. The molecule has 0 unspecified atom stereocenters. The molecule has 2 rings (SSSR count). The number of benzene rings is 1. The van der Waals surface area contributed by atoms with Crippen molar-refractivity contribution in [3.8, 4) is 5.75 Å². The molecule has 1 N–H and O–H groups in total. The number of hydrogen-bond donors (Lipinski definition) is 1. The summed E-state index contributed by atoms with van der Waals surface area (Å²) in [6.45, 7) is 4.08. The van der Waals surface area contributed by atoms with Crippen molar-refractivity contribution in [2.24, 2.45) is 0 Å². The van der Waals surface area contributed by atoms with E-state index in [1.54, 1.807) is 6.07 Å². The summed E-state index contributed by atoms with van der Waals surface area (Å²) in [7, 11) is 0. The fraction of sp³-hybridized carbons (Fsp3) is 0.600. The topological polar surface area (TPSA) is 29.5 Å². The molecule has 0 aliphatic heterocycles.